The Morgan fingerprint density at radius 2 is 2.25 bits per heavy atom. The molecule has 1 aliphatic heterocycles. The van der Waals surface area contributed by atoms with Crippen LogP contribution in [0, 0.1) is 6.92 Å². The summed E-state index contributed by atoms with van der Waals surface area (Å²) >= 11 is 0. The van der Waals surface area contributed by atoms with Crippen LogP contribution in [0.25, 0.3) is 0 Å². The highest BCUT2D eigenvalue weighted by Gasteiger charge is 2.36. The number of nitrogens with zero attached hydrogens (tertiary/aromatic N) is 1. The standard InChI is InChI=1S/C13H19NO5S/c1-9-3-4-12(19-9)10(2)14(7-13(15)16)11-5-6-20(17,18)8-11/h3-4,10-11H,5-8H2,1-2H3,(H,15,16). The van der Waals surface area contributed by atoms with E-state index in [2.05, 4.69) is 0 Å². The van der Waals surface area contributed by atoms with Gasteiger partial charge in [-0.15, -0.1) is 0 Å². The summed E-state index contributed by atoms with van der Waals surface area (Å²) < 4.78 is 28.7. The lowest BCUT2D eigenvalue weighted by Gasteiger charge is -2.31. The molecule has 2 rings (SSSR count). The molecule has 7 heteroatoms. The largest absolute Gasteiger partial charge is 0.480 e. The third-order valence-electron chi connectivity index (χ3n) is 3.67. The van der Waals surface area contributed by atoms with E-state index in [1.165, 1.54) is 0 Å². The molecule has 1 aromatic heterocycles. The normalized spacial score (nSPS) is 23.1. The molecule has 0 saturated carbocycles. The number of hydrogen-bond acceptors (Lipinski definition) is 5. The Morgan fingerprint density at radius 1 is 1.55 bits per heavy atom. The van der Waals surface area contributed by atoms with E-state index in [9.17, 15) is 13.2 Å². The van der Waals surface area contributed by atoms with Gasteiger partial charge in [-0.1, -0.05) is 0 Å². The van der Waals surface area contributed by atoms with Gasteiger partial charge in [-0.3, -0.25) is 9.69 Å². The second kappa shape index (κ2) is 5.57. The number of hydrogen-bond donors (Lipinski definition) is 1. The molecule has 1 fully saturated rings. The van der Waals surface area contributed by atoms with Crippen LogP contribution >= 0.6 is 0 Å². The Hall–Kier alpha value is -1.34. The van der Waals surface area contributed by atoms with Gasteiger partial charge in [-0.2, -0.15) is 0 Å². The number of aryl methyl sites for hydroxylation is 1. The number of aliphatic carboxylic acids is 1. The number of furan rings is 1. The van der Waals surface area contributed by atoms with E-state index in [4.69, 9.17) is 9.52 Å². The minimum Gasteiger partial charge on any atom is -0.480 e. The third-order valence-corrected chi connectivity index (χ3v) is 5.42. The van der Waals surface area contributed by atoms with Crippen molar-refractivity contribution in [3.05, 3.63) is 23.7 Å². The summed E-state index contributed by atoms with van der Waals surface area (Å²) in [5.41, 5.74) is 0. The van der Waals surface area contributed by atoms with Gasteiger partial charge in [-0.25, -0.2) is 8.42 Å². The molecule has 0 radical (unpaired) electrons. The van der Waals surface area contributed by atoms with E-state index in [0.29, 0.717) is 12.2 Å². The fraction of sp³-hybridized carbons (Fsp3) is 0.615. The Morgan fingerprint density at radius 3 is 2.70 bits per heavy atom. The Bertz CT molecular complexity index is 592. The lowest BCUT2D eigenvalue weighted by molar-refractivity contribution is -0.139. The molecule has 0 spiro atoms. The molecule has 0 aromatic carbocycles. The molecule has 0 bridgehead atoms. The van der Waals surface area contributed by atoms with Gasteiger partial charge in [0.05, 0.1) is 24.1 Å². The maximum atomic E-state index is 11.6. The Kier molecular flexibility index (Phi) is 4.19. The summed E-state index contributed by atoms with van der Waals surface area (Å²) in [5, 5.41) is 9.05. The zero-order chi connectivity index (χ0) is 14.9. The highest BCUT2D eigenvalue weighted by atomic mass is 32.2. The van der Waals surface area contributed by atoms with Gasteiger partial charge in [0.15, 0.2) is 9.84 Å². The SMILES string of the molecule is Cc1ccc(C(C)N(CC(=O)O)C2CCS(=O)(=O)C2)o1. The van der Waals surface area contributed by atoms with Gasteiger partial charge in [0.25, 0.3) is 0 Å². The van der Waals surface area contributed by atoms with Crippen LogP contribution in [0.3, 0.4) is 0 Å². The van der Waals surface area contributed by atoms with Crippen molar-refractivity contribution in [2.24, 2.45) is 0 Å². The first kappa shape index (κ1) is 15.1. The van der Waals surface area contributed by atoms with E-state index in [0.717, 1.165) is 5.76 Å². The number of sulfone groups is 1. The molecule has 20 heavy (non-hydrogen) atoms. The quantitative estimate of drug-likeness (QED) is 0.880. The summed E-state index contributed by atoms with van der Waals surface area (Å²) in [4.78, 5) is 12.7. The summed E-state index contributed by atoms with van der Waals surface area (Å²) in [5.74, 6) is 0.584. The van der Waals surface area contributed by atoms with E-state index in [1.807, 2.05) is 19.9 Å². The molecule has 1 N–H and O–H groups in total. The average molecular weight is 301 g/mol. The molecule has 6 nitrogen and oxygen atoms in total. The van der Waals surface area contributed by atoms with Crippen LogP contribution in [0.4, 0.5) is 0 Å². The van der Waals surface area contributed by atoms with Gasteiger partial charge in [0, 0.05) is 6.04 Å². The minimum atomic E-state index is -3.05. The summed E-state index contributed by atoms with van der Waals surface area (Å²) in [6, 6.07) is 3.09. The van der Waals surface area contributed by atoms with Crippen molar-refractivity contribution in [3.8, 4) is 0 Å². The molecular weight excluding hydrogens is 282 g/mol. The molecular formula is C13H19NO5S. The molecule has 0 amide bonds. The zero-order valence-corrected chi connectivity index (χ0v) is 12.4. The molecule has 0 aliphatic carbocycles. The van der Waals surface area contributed by atoms with Crippen LogP contribution in [0.2, 0.25) is 0 Å². The second-order valence-electron chi connectivity index (χ2n) is 5.25. The lowest BCUT2D eigenvalue weighted by Crippen LogP contribution is -2.41. The van der Waals surface area contributed by atoms with Crippen LogP contribution in [-0.2, 0) is 14.6 Å². The van der Waals surface area contributed by atoms with E-state index in [1.54, 1.807) is 11.0 Å². The fourth-order valence-corrected chi connectivity index (χ4v) is 4.36. The van der Waals surface area contributed by atoms with E-state index < -0.39 is 15.8 Å². The zero-order valence-electron chi connectivity index (χ0n) is 11.6. The fourth-order valence-electron chi connectivity index (χ4n) is 2.62. The van der Waals surface area contributed by atoms with Crippen molar-refractivity contribution in [3.63, 3.8) is 0 Å². The minimum absolute atomic E-state index is 0.0182. The number of carboxylic acid groups (broad SMARTS) is 1. The third kappa shape index (κ3) is 3.40. The predicted molar refractivity (Wildman–Crippen MR) is 73.3 cm³/mol. The Labute approximate surface area is 118 Å². The highest BCUT2D eigenvalue weighted by Crippen LogP contribution is 2.28. The smallest absolute Gasteiger partial charge is 0.317 e. The first-order chi connectivity index (χ1) is 9.28. The van der Waals surface area contributed by atoms with Crippen molar-refractivity contribution in [2.75, 3.05) is 18.1 Å². The van der Waals surface area contributed by atoms with Crippen LogP contribution in [0.1, 0.15) is 30.9 Å². The van der Waals surface area contributed by atoms with Crippen LogP contribution < -0.4 is 0 Å². The van der Waals surface area contributed by atoms with Crippen LogP contribution in [0.5, 0.6) is 0 Å². The van der Waals surface area contributed by atoms with Crippen molar-refractivity contribution in [1.29, 1.82) is 0 Å². The summed E-state index contributed by atoms with van der Waals surface area (Å²) in [6.45, 7) is 3.46. The van der Waals surface area contributed by atoms with Crippen molar-refractivity contribution >= 4 is 15.8 Å². The Balaban J connectivity index is 2.21. The average Bonchev–Trinajstić information content (AvgIpc) is 2.91. The van der Waals surface area contributed by atoms with Crippen molar-refractivity contribution in [2.45, 2.75) is 32.4 Å². The summed E-state index contributed by atoms with van der Waals surface area (Å²) in [6.07, 6.45) is 0.472. The van der Waals surface area contributed by atoms with Crippen LogP contribution in [-0.4, -0.2) is 48.5 Å². The van der Waals surface area contributed by atoms with Gasteiger partial charge in [0.1, 0.15) is 11.5 Å². The maximum Gasteiger partial charge on any atom is 0.317 e. The lowest BCUT2D eigenvalue weighted by atomic mass is 10.1. The number of carboxylic acids is 1. The van der Waals surface area contributed by atoms with Crippen molar-refractivity contribution < 1.29 is 22.7 Å². The first-order valence-electron chi connectivity index (χ1n) is 6.53. The second-order valence-corrected chi connectivity index (χ2v) is 7.48. The van der Waals surface area contributed by atoms with Crippen LogP contribution in [0.15, 0.2) is 16.5 Å². The molecule has 112 valence electrons. The van der Waals surface area contributed by atoms with Gasteiger partial charge in [-0.05, 0) is 32.4 Å². The molecule has 1 aromatic rings. The van der Waals surface area contributed by atoms with Gasteiger partial charge < -0.3 is 9.52 Å². The highest BCUT2D eigenvalue weighted by molar-refractivity contribution is 7.91. The number of carbonyl (C=O) groups is 1. The topological polar surface area (TPSA) is 87.8 Å². The van der Waals surface area contributed by atoms with E-state index in [-0.39, 0.29) is 30.1 Å². The van der Waals surface area contributed by atoms with E-state index >= 15 is 0 Å². The van der Waals surface area contributed by atoms with Gasteiger partial charge in [0.2, 0.25) is 0 Å². The molecule has 2 unspecified atom stereocenters. The first-order valence-corrected chi connectivity index (χ1v) is 8.35. The molecule has 1 aliphatic rings. The molecule has 2 heterocycles. The van der Waals surface area contributed by atoms with Crippen molar-refractivity contribution in [1.82, 2.24) is 4.90 Å². The molecule has 2 atom stereocenters. The molecule has 1 saturated heterocycles. The monoisotopic (exact) mass is 301 g/mol. The number of rotatable bonds is 5. The summed E-state index contributed by atoms with van der Waals surface area (Å²) in [7, 11) is -3.05. The maximum absolute atomic E-state index is 11.6. The predicted octanol–water partition coefficient (Wildman–Crippen LogP) is 1.22. The van der Waals surface area contributed by atoms with Gasteiger partial charge >= 0.3 is 5.97 Å².